The Labute approximate surface area is 156 Å². The zero-order chi connectivity index (χ0) is 19.4. The third-order valence-electron chi connectivity index (χ3n) is 4.34. The molecule has 1 fully saturated rings. The Bertz CT molecular complexity index is 900. The van der Waals surface area contributed by atoms with E-state index in [4.69, 9.17) is 4.74 Å². The van der Waals surface area contributed by atoms with Gasteiger partial charge in [-0.3, -0.25) is 4.90 Å². The van der Waals surface area contributed by atoms with Crippen LogP contribution in [0.2, 0.25) is 0 Å². The van der Waals surface area contributed by atoms with Crippen LogP contribution in [0.15, 0.2) is 47.4 Å². The largest absolute Gasteiger partial charge is 0.489 e. The number of nitrogens with zero attached hydrogens (tertiary/aromatic N) is 2. The van der Waals surface area contributed by atoms with Crippen LogP contribution in [0.25, 0.3) is 0 Å². The van der Waals surface area contributed by atoms with Gasteiger partial charge in [0, 0.05) is 38.8 Å². The highest BCUT2D eigenvalue weighted by Crippen LogP contribution is 2.21. The molecule has 1 aliphatic rings. The molecule has 146 valence electrons. The Morgan fingerprint density at radius 1 is 0.926 bits per heavy atom. The zero-order valence-corrected chi connectivity index (χ0v) is 15.3. The normalized spacial score (nSPS) is 16.4. The topological polar surface area (TPSA) is 49.9 Å². The van der Waals surface area contributed by atoms with Gasteiger partial charge in [0.1, 0.15) is 23.1 Å². The molecule has 0 amide bonds. The maximum atomic E-state index is 13.8. The summed E-state index contributed by atoms with van der Waals surface area (Å²) in [5, 5.41) is 0. The van der Waals surface area contributed by atoms with Crippen LogP contribution >= 0.6 is 0 Å². The van der Waals surface area contributed by atoms with E-state index < -0.39 is 32.4 Å². The van der Waals surface area contributed by atoms with Crippen molar-refractivity contribution >= 4 is 10.0 Å². The smallest absolute Gasteiger partial charge is 0.246 e. The van der Waals surface area contributed by atoms with Crippen molar-refractivity contribution in [1.29, 1.82) is 0 Å². The lowest BCUT2D eigenvalue weighted by Crippen LogP contribution is -2.49. The summed E-state index contributed by atoms with van der Waals surface area (Å²) in [7, 11) is -4.02. The van der Waals surface area contributed by atoms with Crippen molar-refractivity contribution in [2.75, 3.05) is 39.3 Å². The lowest BCUT2D eigenvalue weighted by molar-refractivity contribution is 0.157. The molecule has 9 heteroatoms. The summed E-state index contributed by atoms with van der Waals surface area (Å²) in [6, 6.07) is 8.52. The Balaban J connectivity index is 1.53. The van der Waals surface area contributed by atoms with Crippen LogP contribution in [0.1, 0.15) is 0 Å². The van der Waals surface area contributed by atoms with Crippen LogP contribution in [0, 0.1) is 17.5 Å². The number of piperazine rings is 1. The van der Waals surface area contributed by atoms with E-state index in [2.05, 4.69) is 0 Å². The minimum atomic E-state index is -4.02. The predicted molar refractivity (Wildman–Crippen MR) is 93.5 cm³/mol. The van der Waals surface area contributed by atoms with Gasteiger partial charge in [0.05, 0.1) is 0 Å². The van der Waals surface area contributed by atoms with Crippen molar-refractivity contribution < 1.29 is 26.3 Å². The van der Waals surface area contributed by atoms with E-state index in [0.717, 1.165) is 12.1 Å². The molecule has 0 atom stereocenters. The highest BCUT2D eigenvalue weighted by molar-refractivity contribution is 7.89. The summed E-state index contributed by atoms with van der Waals surface area (Å²) < 4.78 is 72.0. The molecular formula is C18H19F3N2O3S. The Hall–Kier alpha value is -2.10. The molecule has 1 heterocycles. The van der Waals surface area contributed by atoms with Crippen molar-refractivity contribution in [2.24, 2.45) is 0 Å². The molecule has 2 aromatic carbocycles. The number of benzene rings is 2. The summed E-state index contributed by atoms with van der Waals surface area (Å²) in [6.45, 7) is 2.00. The van der Waals surface area contributed by atoms with E-state index in [1.165, 1.54) is 16.4 Å². The summed E-state index contributed by atoms with van der Waals surface area (Å²) in [6.07, 6.45) is 0. The molecule has 2 aromatic rings. The van der Waals surface area contributed by atoms with Crippen LogP contribution < -0.4 is 4.74 Å². The van der Waals surface area contributed by atoms with E-state index in [1.807, 2.05) is 4.90 Å². The molecule has 5 nitrogen and oxygen atoms in total. The second-order valence-corrected chi connectivity index (χ2v) is 8.01. The highest BCUT2D eigenvalue weighted by atomic mass is 32.2. The summed E-state index contributed by atoms with van der Waals surface area (Å²) in [5.74, 6) is -2.19. The van der Waals surface area contributed by atoms with Crippen LogP contribution in [0.3, 0.4) is 0 Å². The molecule has 0 aliphatic carbocycles. The van der Waals surface area contributed by atoms with Gasteiger partial charge in [-0.05, 0) is 24.3 Å². The van der Waals surface area contributed by atoms with E-state index in [0.29, 0.717) is 25.7 Å². The van der Waals surface area contributed by atoms with Crippen LogP contribution in [0.5, 0.6) is 5.75 Å². The van der Waals surface area contributed by atoms with E-state index >= 15 is 0 Å². The third-order valence-corrected chi connectivity index (χ3v) is 6.28. The maximum Gasteiger partial charge on any atom is 0.246 e. The van der Waals surface area contributed by atoms with Gasteiger partial charge in [-0.1, -0.05) is 12.1 Å². The fourth-order valence-electron chi connectivity index (χ4n) is 2.86. The fraction of sp³-hybridized carbons (Fsp3) is 0.333. The Morgan fingerprint density at radius 2 is 1.63 bits per heavy atom. The van der Waals surface area contributed by atoms with Gasteiger partial charge < -0.3 is 4.74 Å². The highest BCUT2D eigenvalue weighted by Gasteiger charge is 2.30. The Kier molecular flexibility index (Phi) is 6.03. The fourth-order valence-corrected chi connectivity index (χ4v) is 4.33. The summed E-state index contributed by atoms with van der Waals surface area (Å²) in [5.41, 5.74) is 0. The van der Waals surface area contributed by atoms with Crippen LogP contribution in [0.4, 0.5) is 13.2 Å². The molecule has 0 radical (unpaired) electrons. The van der Waals surface area contributed by atoms with Gasteiger partial charge in [0.2, 0.25) is 10.0 Å². The summed E-state index contributed by atoms with van der Waals surface area (Å²) in [4.78, 5) is 1.45. The standard InChI is InChI=1S/C18H19F3N2O3S/c19-14-5-6-18(16(21)13-14)27(24,25)23-9-7-22(8-10-23)11-12-26-17-4-2-1-3-15(17)20/h1-6,13H,7-12H2. The zero-order valence-electron chi connectivity index (χ0n) is 14.4. The maximum absolute atomic E-state index is 13.8. The number of sulfonamides is 1. The van der Waals surface area contributed by atoms with Crippen LogP contribution in [-0.4, -0.2) is 57.0 Å². The first-order valence-electron chi connectivity index (χ1n) is 8.43. The molecule has 0 spiro atoms. The number of rotatable bonds is 6. The molecule has 0 bridgehead atoms. The van der Waals surface area contributed by atoms with Crippen LogP contribution in [-0.2, 0) is 10.0 Å². The van der Waals surface area contributed by atoms with Gasteiger partial charge >= 0.3 is 0 Å². The lowest BCUT2D eigenvalue weighted by Gasteiger charge is -2.33. The second-order valence-electron chi connectivity index (χ2n) is 6.10. The van der Waals surface area contributed by atoms with Gasteiger partial charge in [-0.2, -0.15) is 4.31 Å². The minimum Gasteiger partial charge on any atom is -0.489 e. The molecule has 27 heavy (non-hydrogen) atoms. The monoisotopic (exact) mass is 400 g/mol. The molecular weight excluding hydrogens is 381 g/mol. The van der Waals surface area contributed by atoms with Crippen molar-refractivity contribution in [1.82, 2.24) is 9.21 Å². The average molecular weight is 400 g/mol. The lowest BCUT2D eigenvalue weighted by atomic mass is 10.3. The van der Waals surface area contributed by atoms with Crippen molar-refractivity contribution in [2.45, 2.75) is 4.90 Å². The number of hydrogen-bond donors (Lipinski definition) is 0. The first-order chi connectivity index (χ1) is 12.9. The number of ether oxygens (including phenoxy) is 1. The van der Waals surface area contributed by atoms with Gasteiger partial charge in [-0.25, -0.2) is 21.6 Å². The quantitative estimate of drug-likeness (QED) is 0.748. The number of halogens is 3. The van der Waals surface area contributed by atoms with Gasteiger partial charge in [0.15, 0.2) is 11.6 Å². The number of para-hydroxylation sites is 1. The number of hydrogen-bond acceptors (Lipinski definition) is 4. The first kappa shape index (κ1) is 19.7. The predicted octanol–water partition coefficient (Wildman–Crippen LogP) is 2.49. The Morgan fingerprint density at radius 3 is 2.30 bits per heavy atom. The van der Waals surface area contributed by atoms with Gasteiger partial charge in [-0.15, -0.1) is 0 Å². The van der Waals surface area contributed by atoms with E-state index in [9.17, 15) is 21.6 Å². The van der Waals surface area contributed by atoms with Crippen molar-refractivity contribution in [3.63, 3.8) is 0 Å². The molecule has 0 unspecified atom stereocenters. The van der Waals surface area contributed by atoms with Gasteiger partial charge in [0.25, 0.3) is 0 Å². The third kappa shape index (κ3) is 4.60. The average Bonchev–Trinajstić information content (AvgIpc) is 2.63. The second kappa shape index (κ2) is 8.28. The minimum absolute atomic E-state index is 0.172. The van der Waals surface area contributed by atoms with Crippen molar-refractivity contribution in [3.05, 3.63) is 59.9 Å². The SMILES string of the molecule is O=S(=O)(c1ccc(F)cc1F)N1CCN(CCOc2ccccc2F)CC1. The van der Waals surface area contributed by atoms with E-state index in [1.54, 1.807) is 12.1 Å². The first-order valence-corrected chi connectivity index (χ1v) is 9.87. The molecule has 1 aliphatic heterocycles. The summed E-state index contributed by atoms with van der Waals surface area (Å²) >= 11 is 0. The molecule has 0 saturated carbocycles. The van der Waals surface area contributed by atoms with Crippen molar-refractivity contribution in [3.8, 4) is 5.75 Å². The molecule has 1 saturated heterocycles. The molecule has 3 rings (SSSR count). The molecule has 0 N–H and O–H groups in total. The molecule has 0 aromatic heterocycles. The van der Waals surface area contributed by atoms with E-state index in [-0.39, 0.29) is 25.4 Å².